The highest BCUT2D eigenvalue weighted by Gasteiger charge is 2.26. The smallest absolute Gasteiger partial charge is 0.307 e. The molecule has 0 radical (unpaired) electrons. The highest BCUT2D eigenvalue weighted by atomic mass is 32.2. The Hall–Kier alpha value is -3.69. The number of rotatable bonds is 11. The highest BCUT2D eigenvalue weighted by molar-refractivity contribution is 7.89. The van der Waals surface area contributed by atoms with E-state index in [1.54, 1.807) is 60.7 Å². The summed E-state index contributed by atoms with van der Waals surface area (Å²) in [5.41, 5.74) is 1.78. The fourth-order valence-corrected chi connectivity index (χ4v) is 4.07. The Balaban J connectivity index is 1.69. The molecular weight excluding hydrogens is 468 g/mol. The number of hydrogen-bond donors (Lipinski definition) is 2. The third-order valence-corrected chi connectivity index (χ3v) is 6.58. The first-order valence-electron chi connectivity index (χ1n) is 11.1. The van der Waals surface area contributed by atoms with Crippen molar-refractivity contribution in [2.24, 2.45) is 0 Å². The van der Waals surface area contributed by atoms with Crippen molar-refractivity contribution in [3.63, 3.8) is 0 Å². The van der Waals surface area contributed by atoms with E-state index >= 15 is 0 Å². The molecule has 0 heterocycles. The molecule has 3 aromatic carbocycles. The van der Waals surface area contributed by atoms with E-state index in [4.69, 9.17) is 9.47 Å². The molecule has 0 aliphatic carbocycles. The van der Waals surface area contributed by atoms with Crippen LogP contribution in [0.5, 0.6) is 5.75 Å². The quantitative estimate of drug-likeness (QED) is 0.390. The van der Waals surface area contributed by atoms with E-state index in [1.807, 2.05) is 13.0 Å². The van der Waals surface area contributed by atoms with Gasteiger partial charge in [0.2, 0.25) is 16.1 Å². The Bertz CT molecular complexity index is 1240. The number of carbonyl (C=O) groups excluding carboxylic acids is 2. The summed E-state index contributed by atoms with van der Waals surface area (Å²) in [6.45, 7) is 2.28. The van der Waals surface area contributed by atoms with Crippen molar-refractivity contribution in [1.82, 2.24) is 4.72 Å². The Kier molecular flexibility index (Phi) is 8.99. The molecule has 184 valence electrons. The van der Waals surface area contributed by atoms with Crippen LogP contribution in [0.3, 0.4) is 0 Å². The van der Waals surface area contributed by atoms with E-state index in [0.29, 0.717) is 30.0 Å². The highest BCUT2D eigenvalue weighted by Crippen LogP contribution is 2.27. The lowest BCUT2D eigenvalue weighted by Gasteiger charge is -2.19. The zero-order valence-electron chi connectivity index (χ0n) is 19.6. The molecule has 3 rings (SSSR count). The molecule has 0 aliphatic rings. The second kappa shape index (κ2) is 12.1. The summed E-state index contributed by atoms with van der Waals surface area (Å²) in [7, 11) is -2.19. The maximum Gasteiger partial charge on any atom is 0.307 e. The topological polar surface area (TPSA) is 111 Å². The number of hydrogen-bond acceptors (Lipinski definition) is 6. The van der Waals surface area contributed by atoms with Crippen LogP contribution in [-0.4, -0.2) is 33.9 Å². The van der Waals surface area contributed by atoms with Crippen molar-refractivity contribution < 1.29 is 27.5 Å². The van der Waals surface area contributed by atoms with Gasteiger partial charge >= 0.3 is 5.97 Å². The third-order valence-electron chi connectivity index (χ3n) is 5.15. The fourth-order valence-electron chi connectivity index (χ4n) is 3.34. The van der Waals surface area contributed by atoms with E-state index in [2.05, 4.69) is 10.0 Å². The maximum atomic E-state index is 13.1. The molecular formula is C26H28N2O6S. The van der Waals surface area contributed by atoms with Crippen LogP contribution < -0.4 is 14.8 Å². The molecule has 9 heteroatoms. The predicted octanol–water partition coefficient (Wildman–Crippen LogP) is 3.85. The molecule has 8 nitrogen and oxygen atoms in total. The Morgan fingerprint density at radius 3 is 2.23 bits per heavy atom. The Morgan fingerprint density at radius 2 is 1.57 bits per heavy atom. The molecule has 1 atom stereocenters. The first-order chi connectivity index (χ1) is 16.8. The first-order valence-corrected chi connectivity index (χ1v) is 12.6. The molecule has 2 N–H and O–H groups in total. The second-order valence-electron chi connectivity index (χ2n) is 7.55. The van der Waals surface area contributed by atoms with E-state index in [-0.39, 0.29) is 11.3 Å². The van der Waals surface area contributed by atoms with Crippen LogP contribution in [0.1, 0.15) is 30.6 Å². The van der Waals surface area contributed by atoms with E-state index < -0.39 is 28.0 Å². The lowest BCUT2D eigenvalue weighted by Crippen LogP contribution is -2.26. The average Bonchev–Trinajstić information content (AvgIpc) is 2.88. The van der Waals surface area contributed by atoms with Gasteiger partial charge in [-0.15, -0.1) is 0 Å². The number of aryl methyl sites for hydroxylation is 1. The van der Waals surface area contributed by atoms with Gasteiger partial charge in [0.15, 0.2) is 0 Å². The number of ether oxygens (including phenoxy) is 2. The van der Waals surface area contributed by atoms with Crippen molar-refractivity contribution in [3.05, 3.63) is 90.0 Å². The fraction of sp³-hybridized carbons (Fsp3) is 0.231. The maximum absolute atomic E-state index is 13.1. The summed E-state index contributed by atoms with van der Waals surface area (Å²) in [5.74, 6) is -0.539. The van der Waals surface area contributed by atoms with Gasteiger partial charge in [-0.25, -0.2) is 13.1 Å². The number of nitrogens with one attached hydrogen (secondary N) is 2. The molecule has 0 saturated heterocycles. The van der Waals surface area contributed by atoms with Crippen LogP contribution in [0.15, 0.2) is 83.8 Å². The van der Waals surface area contributed by atoms with Crippen LogP contribution in [0, 0.1) is 0 Å². The van der Waals surface area contributed by atoms with Gasteiger partial charge in [0.1, 0.15) is 5.75 Å². The standard InChI is InChI=1S/C26H28N2O6S/c1-3-33-23-12-8-7-11-22(23)28-26(30)25(20-9-5-4-6-10-20)34-24(29)18-15-19-13-16-21(17-14-19)35(31,32)27-2/h4-14,16-17,25,27H,3,15,18H2,1-2H3,(H,28,30). The molecule has 0 aromatic heterocycles. The zero-order valence-corrected chi connectivity index (χ0v) is 20.4. The number of carbonyl (C=O) groups is 2. The van der Waals surface area contributed by atoms with Gasteiger partial charge in [-0.1, -0.05) is 54.6 Å². The molecule has 0 aliphatic heterocycles. The molecule has 0 bridgehead atoms. The minimum atomic E-state index is -3.53. The summed E-state index contributed by atoms with van der Waals surface area (Å²) in [6.07, 6.45) is -0.805. The largest absolute Gasteiger partial charge is 0.492 e. The molecule has 3 aromatic rings. The van der Waals surface area contributed by atoms with Gasteiger partial charge in [0, 0.05) is 12.0 Å². The Morgan fingerprint density at radius 1 is 0.914 bits per heavy atom. The van der Waals surface area contributed by atoms with Gasteiger partial charge in [-0.05, 0) is 50.2 Å². The van der Waals surface area contributed by atoms with E-state index in [1.165, 1.54) is 19.2 Å². The normalized spacial score (nSPS) is 11.9. The monoisotopic (exact) mass is 496 g/mol. The van der Waals surface area contributed by atoms with Crippen molar-refractivity contribution in [1.29, 1.82) is 0 Å². The minimum absolute atomic E-state index is 0.0181. The zero-order chi connectivity index (χ0) is 25.3. The van der Waals surface area contributed by atoms with Crippen LogP contribution in [0.4, 0.5) is 5.69 Å². The van der Waals surface area contributed by atoms with Gasteiger partial charge in [-0.3, -0.25) is 9.59 Å². The van der Waals surface area contributed by atoms with Gasteiger partial charge in [0.05, 0.1) is 17.2 Å². The second-order valence-corrected chi connectivity index (χ2v) is 9.44. The molecule has 0 saturated carbocycles. The van der Waals surface area contributed by atoms with Crippen LogP contribution >= 0.6 is 0 Å². The number of amides is 1. The summed E-state index contributed by atoms with van der Waals surface area (Å²) in [5, 5.41) is 2.79. The lowest BCUT2D eigenvalue weighted by molar-refractivity contribution is -0.154. The molecule has 35 heavy (non-hydrogen) atoms. The summed E-state index contributed by atoms with van der Waals surface area (Å²) >= 11 is 0. The molecule has 1 unspecified atom stereocenters. The number of anilines is 1. The Labute approximate surface area is 205 Å². The first kappa shape index (κ1) is 25.9. The predicted molar refractivity (Wildman–Crippen MR) is 133 cm³/mol. The third kappa shape index (κ3) is 7.14. The van der Waals surface area contributed by atoms with Gasteiger partial charge < -0.3 is 14.8 Å². The van der Waals surface area contributed by atoms with Gasteiger partial charge in [0.25, 0.3) is 5.91 Å². The van der Waals surface area contributed by atoms with Crippen molar-refractivity contribution in [2.75, 3.05) is 19.0 Å². The summed E-state index contributed by atoms with van der Waals surface area (Å²) in [4.78, 5) is 25.9. The lowest BCUT2D eigenvalue weighted by atomic mass is 10.1. The molecule has 1 amide bonds. The SMILES string of the molecule is CCOc1ccccc1NC(=O)C(OC(=O)CCc1ccc(S(=O)(=O)NC)cc1)c1ccccc1. The summed E-state index contributed by atoms with van der Waals surface area (Å²) in [6, 6.07) is 22.0. The van der Waals surface area contributed by atoms with Crippen LogP contribution in [-0.2, 0) is 30.8 Å². The number of sulfonamides is 1. The number of para-hydroxylation sites is 2. The minimum Gasteiger partial charge on any atom is -0.492 e. The van der Waals surface area contributed by atoms with Gasteiger partial charge in [-0.2, -0.15) is 0 Å². The summed E-state index contributed by atoms with van der Waals surface area (Å²) < 4.78 is 37.1. The number of esters is 1. The molecule has 0 fully saturated rings. The number of benzene rings is 3. The molecule has 0 spiro atoms. The van der Waals surface area contributed by atoms with Crippen LogP contribution in [0.2, 0.25) is 0 Å². The van der Waals surface area contributed by atoms with Crippen molar-refractivity contribution >= 4 is 27.6 Å². The average molecular weight is 497 g/mol. The van der Waals surface area contributed by atoms with Crippen LogP contribution in [0.25, 0.3) is 0 Å². The van der Waals surface area contributed by atoms with Crippen molar-refractivity contribution in [2.45, 2.75) is 30.8 Å². The van der Waals surface area contributed by atoms with Crippen molar-refractivity contribution in [3.8, 4) is 5.75 Å². The van der Waals surface area contributed by atoms with E-state index in [9.17, 15) is 18.0 Å². The van der Waals surface area contributed by atoms with E-state index in [0.717, 1.165) is 5.56 Å².